The molecule has 2 unspecified atom stereocenters. The SMILES string of the molecule is CC(C)=CC(NN)C1CCCCO1. The second-order valence-electron chi connectivity index (χ2n) is 3.84. The summed E-state index contributed by atoms with van der Waals surface area (Å²) in [5, 5.41) is 0. The maximum absolute atomic E-state index is 5.64. The molecule has 1 aliphatic heterocycles. The summed E-state index contributed by atoms with van der Waals surface area (Å²) in [7, 11) is 0. The van der Waals surface area contributed by atoms with E-state index in [1.54, 1.807) is 0 Å². The van der Waals surface area contributed by atoms with E-state index >= 15 is 0 Å². The molecule has 13 heavy (non-hydrogen) atoms. The van der Waals surface area contributed by atoms with Gasteiger partial charge in [0.1, 0.15) is 0 Å². The molecule has 0 radical (unpaired) electrons. The van der Waals surface area contributed by atoms with E-state index in [4.69, 9.17) is 10.6 Å². The van der Waals surface area contributed by atoms with Gasteiger partial charge in [-0.15, -0.1) is 0 Å². The average Bonchev–Trinajstić information content (AvgIpc) is 2.15. The number of hydrazine groups is 1. The molecule has 0 aromatic carbocycles. The van der Waals surface area contributed by atoms with Crippen LogP contribution >= 0.6 is 0 Å². The Morgan fingerprint density at radius 2 is 2.31 bits per heavy atom. The summed E-state index contributed by atoms with van der Waals surface area (Å²) in [6.45, 7) is 5.03. The fourth-order valence-electron chi connectivity index (χ4n) is 1.67. The molecule has 0 spiro atoms. The van der Waals surface area contributed by atoms with Crippen molar-refractivity contribution in [1.29, 1.82) is 0 Å². The predicted octanol–water partition coefficient (Wildman–Crippen LogP) is 1.35. The molecule has 0 aliphatic carbocycles. The van der Waals surface area contributed by atoms with Crippen LogP contribution in [0, 0.1) is 0 Å². The van der Waals surface area contributed by atoms with Crippen LogP contribution in [0.5, 0.6) is 0 Å². The van der Waals surface area contributed by atoms with E-state index in [0.29, 0.717) is 0 Å². The monoisotopic (exact) mass is 184 g/mol. The summed E-state index contributed by atoms with van der Waals surface area (Å²) >= 11 is 0. The molecule has 0 aromatic heterocycles. The molecule has 1 rings (SSSR count). The van der Waals surface area contributed by atoms with Crippen molar-refractivity contribution in [3.63, 3.8) is 0 Å². The molecule has 0 bridgehead atoms. The van der Waals surface area contributed by atoms with Crippen LogP contribution < -0.4 is 11.3 Å². The van der Waals surface area contributed by atoms with Gasteiger partial charge in [-0.2, -0.15) is 0 Å². The lowest BCUT2D eigenvalue weighted by Crippen LogP contribution is -2.45. The van der Waals surface area contributed by atoms with Crippen LogP contribution in [0.15, 0.2) is 11.6 Å². The number of ether oxygens (including phenoxy) is 1. The number of allylic oxidation sites excluding steroid dienone is 1. The Morgan fingerprint density at radius 3 is 2.77 bits per heavy atom. The number of rotatable bonds is 3. The first-order valence-corrected chi connectivity index (χ1v) is 4.97. The molecule has 3 N–H and O–H groups in total. The number of hydrogen-bond acceptors (Lipinski definition) is 3. The molecule has 76 valence electrons. The van der Waals surface area contributed by atoms with Crippen molar-refractivity contribution in [2.75, 3.05) is 6.61 Å². The van der Waals surface area contributed by atoms with Crippen molar-refractivity contribution < 1.29 is 4.74 Å². The van der Waals surface area contributed by atoms with Gasteiger partial charge in [0.05, 0.1) is 12.1 Å². The minimum absolute atomic E-state index is 0.172. The number of nitrogens with one attached hydrogen (secondary N) is 1. The van der Waals surface area contributed by atoms with E-state index in [1.807, 2.05) is 0 Å². The fourth-order valence-corrected chi connectivity index (χ4v) is 1.67. The maximum Gasteiger partial charge on any atom is 0.0776 e. The summed E-state index contributed by atoms with van der Waals surface area (Å²) in [5.41, 5.74) is 4.08. The molecular formula is C10H20N2O. The van der Waals surface area contributed by atoms with Crippen LogP contribution in [-0.4, -0.2) is 18.8 Å². The Bertz CT molecular complexity index is 170. The van der Waals surface area contributed by atoms with Gasteiger partial charge in [0.2, 0.25) is 0 Å². The van der Waals surface area contributed by atoms with Gasteiger partial charge < -0.3 is 4.74 Å². The van der Waals surface area contributed by atoms with Crippen molar-refractivity contribution in [3.05, 3.63) is 11.6 Å². The molecule has 0 aromatic rings. The number of hydrogen-bond donors (Lipinski definition) is 2. The molecular weight excluding hydrogens is 164 g/mol. The maximum atomic E-state index is 5.64. The largest absolute Gasteiger partial charge is 0.376 e. The first-order valence-electron chi connectivity index (χ1n) is 4.97. The van der Waals surface area contributed by atoms with Crippen molar-refractivity contribution in [3.8, 4) is 0 Å². The lowest BCUT2D eigenvalue weighted by molar-refractivity contribution is 0.00210. The minimum atomic E-state index is 0.172. The van der Waals surface area contributed by atoms with Gasteiger partial charge >= 0.3 is 0 Å². The summed E-state index contributed by atoms with van der Waals surface area (Å²) < 4.78 is 5.64. The molecule has 1 heterocycles. The van der Waals surface area contributed by atoms with Crippen molar-refractivity contribution >= 4 is 0 Å². The van der Waals surface area contributed by atoms with Crippen LogP contribution in [0.1, 0.15) is 33.1 Å². The third-order valence-corrected chi connectivity index (χ3v) is 2.32. The third kappa shape index (κ3) is 3.46. The number of nitrogens with two attached hydrogens (primary N) is 1. The smallest absolute Gasteiger partial charge is 0.0776 e. The van der Waals surface area contributed by atoms with Gasteiger partial charge in [0.15, 0.2) is 0 Å². The Kier molecular flexibility index (Phi) is 4.42. The summed E-state index contributed by atoms with van der Waals surface area (Å²) in [4.78, 5) is 0. The Balaban J connectivity index is 2.49. The Hall–Kier alpha value is -0.380. The van der Waals surface area contributed by atoms with E-state index in [9.17, 15) is 0 Å². The van der Waals surface area contributed by atoms with Gasteiger partial charge in [0, 0.05) is 6.61 Å². The highest BCUT2D eigenvalue weighted by molar-refractivity contribution is 5.03. The lowest BCUT2D eigenvalue weighted by Gasteiger charge is -2.28. The molecule has 0 amide bonds. The highest BCUT2D eigenvalue weighted by atomic mass is 16.5. The molecule has 3 heteroatoms. The van der Waals surface area contributed by atoms with E-state index < -0.39 is 0 Å². The topological polar surface area (TPSA) is 47.3 Å². The molecule has 1 fully saturated rings. The zero-order valence-electron chi connectivity index (χ0n) is 8.55. The molecule has 2 atom stereocenters. The zero-order chi connectivity index (χ0) is 9.68. The van der Waals surface area contributed by atoms with E-state index in [1.165, 1.54) is 18.4 Å². The highest BCUT2D eigenvalue weighted by Crippen LogP contribution is 2.16. The second-order valence-corrected chi connectivity index (χ2v) is 3.84. The van der Waals surface area contributed by atoms with Crippen molar-refractivity contribution in [1.82, 2.24) is 5.43 Å². The average molecular weight is 184 g/mol. The van der Waals surface area contributed by atoms with Gasteiger partial charge in [-0.05, 0) is 33.1 Å². The van der Waals surface area contributed by atoms with Crippen LogP contribution in [0.4, 0.5) is 0 Å². The minimum Gasteiger partial charge on any atom is -0.376 e. The van der Waals surface area contributed by atoms with Crippen LogP contribution in [-0.2, 0) is 4.74 Å². The van der Waals surface area contributed by atoms with E-state index in [0.717, 1.165) is 13.0 Å². The summed E-state index contributed by atoms with van der Waals surface area (Å²) in [5.74, 6) is 5.48. The van der Waals surface area contributed by atoms with Gasteiger partial charge in [-0.1, -0.05) is 11.6 Å². The predicted molar refractivity (Wildman–Crippen MR) is 54.1 cm³/mol. The van der Waals surface area contributed by atoms with Crippen LogP contribution in [0.25, 0.3) is 0 Å². The molecule has 1 aliphatic rings. The first-order chi connectivity index (χ1) is 6.24. The molecule has 0 saturated carbocycles. The van der Waals surface area contributed by atoms with Gasteiger partial charge in [0.25, 0.3) is 0 Å². The standard InChI is InChI=1S/C10H20N2O/c1-8(2)7-9(12-11)10-5-3-4-6-13-10/h7,9-10,12H,3-6,11H2,1-2H3. The van der Waals surface area contributed by atoms with E-state index in [2.05, 4.69) is 25.3 Å². The van der Waals surface area contributed by atoms with Gasteiger partial charge in [-0.3, -0.25) is 11.3 Å². The molecule has 3 nitrogen and oxygen atoms in total. The first kappa shape index (κ1) is 10.7. The highest BCUT2D eigenvalue weighted by Gasteiger charge is 2.21. The quantitative estimate of drug-likeness (QED) is 0.395. The van der Waals surface area contributed by atoms with Crippen molar-refractivity contribution in [2.45, 2.75) is 45.3 Å². The van der Waals surface area contributed by atoms with Crippen LogP contribution in [0.2, 0.25) is 0 Å². The summed E-state index contributed by atoms with van der Waals surface area (Å²) in [6.07, 6.45) is 5.94. The molecule has 1 saturated heterocycles. The second kappa shape index (κ2) is 5.37. The lowest BCUT2D eigenvalue weighted by atomic mass is 10.0. The Morgan fingerprint density at radius 1 is 1.54 bits per heavy atom. The van der Waals surface area contributed by atoms with E-state index in [-0.39, 0.29) is 12.1 Å². The third-order valence-electron chi connectivity index (χ3n) is 2.32. The normalized spacial score (nSPS) is 25.3. The van der Waals surface area contributed by atoms with Gasteiger partial charge in [-0.25, -0.2) is 0 Å². The van der Waals surface area contributed by atoms with Crippen molar-refractivity contribution in [2.24, 2.45) is 5.84 Å². The Labute approximate surface area is 80.3 Å². The zero-order valence-corrected chi connectivity index (χ0v) is 8.55. The fraction of sp³-hybridized carbons (Fsp3) is 0.800. The van der Waals surface area contributed by atoms with Crippen LogP contribution in [0.3, 0.4) is 0 Å². The summed E-state index contributed by atoms with van der Waals surface area (Å²) in [6, 6.07) is 0.172.